The van der Waals surface area contributed by atoms with Gasteiger partial charge in [0, 0.05) is 18.3 Å². The monoisotopic (exact) mass is 386 g/mol. The van der Waals surface area contributed by atoms with E-state index in [4.69, 9.17) is 11.5 Å². The molecule has 28 heavy (non-hydrogen) atoms. The molecule has 0 radical (unpaired) electrons. The van der Waals surface area contributed by atoms with Crippen molar-refractivity contribution in [1.82, 2.24) is 9.97 Å². The molecule has 1 fully saturated rings. The minimum atomic E-state index is -0.761. The molecule has 8 heteroatoms. The lowest BCUT2D eigenvalue weighted by Crippen LogP contribution is -2.43. The van der Waals surface area contributed by atoms with Gasteiger partial charge in [0.2, 0.25) is 0 Å². The van der Waals surface area contributed by atoms with Crippen molar-refractivity contribution < 1.29 is 9.18 Å². The molecule has 2 atom stereocenters. The summed E-state index contributed by atoms with van der Waals surface area (Å²) in [6.45, 7) is 4.11. The number of halogens is 1. The van der Waals surface area contributed by atoms with Crippen LogP contribution in [0.3, 0.4) is 0 Å². The highest BCUT2D eigenvalue weighted by atomic mass is 19.1. The summed E-state index contributed by atoms with van der Waals surface area (Å²) in [5.41, 5.74) is 13.2. The van der Waals surface area contributed by atoms with Crippen molar-refractivity contribution in [3.05, 3.63) is 41.5 Å². The number of carbonyl (C=O) groups excluding carboxylic acids is 1. The molecule has 3 rings (SSSR count). The Kier molecular flexibility index (Phi) is 6.08. The third-order valence-corrected chi connectivity index (χ3v) is 5.07. The van der Waals surface area contributed by atoms with Gasteiger partial charge < -0.3 is 22.1 Å². The first-order valence-electron chi connectivity index (χ1n) is 9.59. The second kappa shape index (κ2) is 8.52. The van der Waals surface area contributed by atoms with E-state index >= 15 is 0 Å². The first-order chi connectivity index (χ1) is 13.3. The molecule has 0 bridgehead atoms. The maximum absolute atomic E-state index is 14.6. The van der Waals surface area contributed by atoms with Gasteiger partial charge in [0.25, 0.3) is 5.91 Å². The molecule has 150 valence electrons. The van der Waals surface area contributed by atoms with Crippen molar-refractivity contribution in [1.29, 1.82) is 0 Å². The molecular weight excluding hydrogens is 359 g/mol. The fraction of sp³-hybridized carbons (Fsp3) is 0.450. The van der Waals surface area contributed by atoms with Crippen molar-refractivity contribution in [2.45, 2.75) is 57.5 Å². The molecule has 0 aromatic carbocycles. The van der Waals surface area contributed by atoms with Crippen LogP contribution in [0.2, 0.25) is 0 Å². The van der Waals surface area contributed by atoms with Crippen LogP contribution in [0, 0.1) is 5.82 Å². The number of amides is 1. The van der Waals surface area contributed by atoms with Crippen LogP contribution in [0.1, 0.15) is 61.4 Å². The quantitative estimate of drug-likeness (QED) is 0.605. The lowest BCUT2D eigenvalue weighted by Gasteiger charge is -2.30. The zero-order valence-corrected chi connectivity index (χ0v) is 16.2. The number of hydrogen-bond acceptors (Lipinski definition) is 6. The van der Waals surface area contributed by atoms with Crippen molar-refractivity contribution in [2.24, 2.45) is 11.5 Å². The highest BCUT2D eigenvalue weighted by molar-refractivity contribution is 5.98. The van der Waals surface area contributed by atoms with Crippen molar-refractivity contribution in [3.63, 3.8) is 0 Å². The van der Waals surface area contributed by atoms with E-state index in [9.17, 15) is 9.18 Å². The van der Waals surface area contributed by atoms with Crippen LogP contribution >= 0.6 is 0 Å². The normalized spacial score (nSPS) is 19.5. The van der Waals surface area contributed by atoms with E-state index in [-0.39, 0.29) is 35.2 Å². The van der Waals surface area contributed by atoms with Gasteiger partial charge in [-0.1, -0.05) is 26.7 Å². The Hall–Kier alpha value is -2.74. The lowest BCUT2D eigenvalue weighted by atomic mass is 9.91. The highest BCUT2D eigenvalue weighted by Crippen LogP contribution is 2.27. The standard InChI is InChI=1S/C20H27FN6O/c1-11(2)12-7-13(10-24-9-12)25-19-14(18(23)28)8-15(21)20(27-19)26-17-6-4-3-5-16(17)22/h7-11,16-17H,3-6,22H2,1-2H3,(H2,23,28)(H2,25,26,27)/t16-,17+/m0/s1. The van der Waals surface area contributed by atoms with E-state index < -0.39 is 11.7 Å². The van der Waals surface area contributed by atoms with Gasteiger partial charge in [0.05, 0.1) is 17.4 Å². The van der Waals surface area contributed by atoms with Crippen molar-refractivity contribution >= 4 is 23.2 Å². The second-order valence-corrected chi connectivity index (χ2v) is 7.57. The van der Waals surface area contributed by atoms with Gasteiger partial charge in [0.1, 0.15) is 5.82 Å². The molecule has 1 aliphatic rings. The number of nitrogens with one attached hydrogen (secondary N) is 2. The third-order valence-electron chi connectivity index (χ3n) is 5.07. The van der Waals surface area contributed by atoms with Gasteiger partial charge in [-0.25, -0.2) is 9.37 Å². The van der Waals surface area contributed by atoms with E-state index in [1.807, 2.05) is 6.07 Å². The van der Waals surface area contributed by atoms with E-state index in [0.717, 1.165) is 37.3 Å². The lowest BCUT2D eigenvalue weighted by molar-refractivity contribution is 0.100. The Morgan fingerprint density at radius 2 is 1.96 bits per heavy atom. The van der Waals surface area contributed by atoms with Crippen molar-refractivity contribution in [2.75, 3.05) is 10.6 Å². The maximum atomic E-state index is 14.6. The number of carbonyl (C=O) groups is 1. The average Bonchev–Trinajstić information content (AvgIpc) is 2.66. The zero-order valence-electron chi connectivity index (χ0n) is 16.2. The summed E-state index contributed by atoms with van der Waals surface area (Å²) < 4.78 is 14.6. The Bertz CT molecular complexity index is 857. The van der Waals surface area contributed by atoms with Crippen LogP contribution in [-0.4, -0.2) is 28.0 Å². The van der Waals surface area contributed by atoms with E-state index in [0.29, 0.717) is 5.69 Å². The fourth-order valence-electron chi connectivity index (χ4n) is 3.37. The maximum Gasteiger partial charge on any atom is 0.252 e. The first kappa shape index (κ1) is 20.0. The molecule has 2 heterocycles. The Balaban J connectivity index is 1.92. The first-order valence-corrected chi connectivity index (χ1v) is 9.59. The molecule has 2 aromatic rings. The Labute approximate surface area is 164 Å². The van der Waals surface area contributed by atoms with E-state index in [1.54, 1.807) is 12.4 Å². The van der Waals surface area contributed by atoms with Gasteiger partial charge in [0.15, 0.2) is 11.6 Å². The fourth-order valence-corrected chi connectivity index (χ4v) is 3.37. The number of nitrogens with zero attached hydrogens (tertiary/aromatic N) is 2. The highest BCUT2D eigenvalue weighted by Gasteiger charge is 2.24. The summed E-state index contributed by atoms with van der Waals surface area (Å²) in [6, 6.07) is 2.90. The number of rotatable bonds is 6. The summed E-state index contributed by atoms with van der Waals surface area (Å²) in [4.78, 5) is 20.3. The molecule has 0 aliphatic heterocycles. The van der Waals surface area contributed by atoms with Crippen LogP contribution in [0.25, 0.3) is 0 Å². The SMILES string of the molecule is CC(C)c1cncc(Nc2nc(N[C@@H]3CCCC[C@@H]3N)c(F)cc2C(N)=O)c1. The molecule has 0 saturated heterocycles. The molecule has 0 spiro atoms. The van der Waals surface area contributed by atoms with Crippen LogP contribution in [-0.2, 0) is 0 Å². The molecule has 0 unspecified atom stereocenters. The Morgan fingerprint density at radius 1 is 1.21 bits per heavy atom. The second-order valence-electron chi connectivity index (χ2n) is 7.57. The van der Waals surface area contributed by atoms with Gasteiger partial charge in [-0.15, -0.1) is 0 Å². The molecule has 1 saturated carbocycles. The summed E-state index contributed by atoms with van der Waals surface area (Å²) in [7, 11) is 0. The summed E-state index contributed by atoms with van der Waals surface area (Å²) in [6.07, 6.45) is 7.24. The molecule has 1 aliphatic carbocycles. The summed E-state index contributed by atoms with van der Waals surface area (Å²) in [5, 5.41) is 6.15. The van der Waals surface area contributed by atoms with Gasteiger partial charge in [-0.2, -0.15) is 0 Å². The topological polar surface area (TPSA) is 119 Å². The third kappa shape index (κ3) is 4.56. The zero-order chi connectivity index (χ0) is 20.3. The van der Waals surface area contributed by atoms with E-state index in [2.05, 4.69) is 34.4 Å². The summed E-state index contributed by atoms with van der Waals surface area (Å²) >= 11 is 0. The van der Waals surface area contributed by atoms with Gasteiger partial charge in [-0.3, -0.25) is 9.78 Å². The number of aromatic nitrogens is 2. The Morgan fingerprint density at radius 3 is 2.64 bits per heavy atom. The molecule has 2 aromatic heterocycles. The number of primary amides is 1. The van der Waals surface area contributed by atoms with Crippen LogP contribution in [0.15, 0.2) is 24.5 Å². The minimum Gasteiger partial charge on any atom is -0.365 e. The van der Waals surface area contributed by atoms with Gasteiger partial charge >= 0.3 is 0 Å². The van der Waals surface area contributed by atoms with Crippen LogP contribution < -0.4 is 22.1 Å². The smallest absolute Gasteiger partial charge is 0.252 e. The molecular formula is C20H27FN6O. The van der Waals surface area contributed by atoms with Gasteiger partial charge in [-0.05, 0) is 36.5 Å². The van der Waals surface area contributed by atoms with Crippen LogP contribution in [0.4, 0.5) is 21.7 Å². The number of nitrogens with two attached hydrogens (primary N) is 2. The predicted octanol–water partition coefficient (Wildman–Crippen LogP) is 3.26. The average molecular weight is 386 g/mol. The summed E-state index contributed by atoms with van der Waals surface area (Å²) in [5.74, 6) is -0.865. The van der Waals surface area contributed by atoms with E-state index in [1.165, 1.54) is 0 Å². The molecule has 7 nitrogen and oxygen atoms in total. The van der Waals surface area contributed by atoms with Crippen molar-refractivity contribution in [3.8, 4) is 0 Å². The predicted molar refractivity (Wildman–Crippen MR) is 108 cm³/mol. The minimum absolute atomic E-state index is 0.0223. The molecule has 1 amide bonds. The number of anilines is 3. The largest absolute Gasteiger partial charge is 0.365 e. The number of pyridine rings is 2. The van der Waals surface area contributed by atoms with Crippen LogP contribution in [0.5, 0.6) is 0 Å². The molecule has 6 N–H and O–H groups in total. The number of hydrogen-bond donors (Lipinski definition) is 4.